The molecule has 0 unspecified atom stereocenters. The molecule has 3 nitrogen and oxygen atoms in total. The zero-order valence-electron chi connectivity index (χ0n) is 34.4. The summed E-state index contributed by atoms with van der Waals surface area (Å²) in [4.78, 5) is 10.2. The zero-order valence-corrected chi connectivity index (χ0v) is 34.4. The number of rotatable bonds is 7. The SMILES string of the molecule is N#Cc1ccc2c(c1)-c1c(-c3cccc(-c4ccc(-c5cccc(-c6cc(-c7ccc(-c8ccccc8)cc7)nc(-c7ccccc7)n6)c5)cc4)c3)cccc1C21CCCCC1. The molecule has 62 heavy (non-hydrogen) atoms. The molecule has 0 aliphatic heterocycles. The van der Waals surface area contributed by atoms with Gasteiger partial charge in [0.15, 0.2) is 5.82 Å². The van der Waals surface area contributed by atoms with Crippen LogP contribution in [0.5, 0.6) is 0 Å². The highest BCUT2D eigenvalue weighted by Gasteiger charge is 2.44. The van der Waals surface area contributed by atoms with Crippen LogP contribution in [0.4, 0.5) is 0 Å². The quantitative estimate of drug-likeness (QED) is 0.161. The molecule has 0 amide bonds. The predicted molar refractivity (Wildman–Crippen MR) is 254 cm³/mol. The maximum atomic E-state index is 9.90. The van der Waals surface area contributed by atoms with Crippen molar-refractivity contribution in [3.63, 3.8) is 0 Å². The third-order valence-corrected chi connectivity index (χ3v) is 13.2. The van der Waals surface area contributed by atoms with Gasteiger partial charge in [-0.25, -0.2) is 9.97 Å². The summed E-state index contributed by atoms with van der Waals surface area (Å²) in [5.74, 6) is 0.701. The van der Waals surface area contributed by atoms with Crippen molar-refractivity contribution in [2.45, 2.75) is 37.5 Å². The standard InChI is InChI=1S/C59H43N3/c60-39-40-23-32-53-52(35-40)57-51(21-12-22-54(57)59(53)33-8-3-9-34-59)49-19-10-17-47(36-49)43-24-26-44(27-25-43)48-18-11-20-50(37-48)56-38-55(61-58(62-56)46-15-6-2-7-16-46)45-30-28-42(29-31-45)41-13-4-1-5-14-41/h1-2,4-7,10-32,35-38H,3,8-9,33-34H2. The summed E-state index contributed by atoms with van der Waals surface area (Å²) in [5.41, 5.74) is 20.4. The highest BCUT2D eigenvalue weighted by molar-refractivity contribution is 5.94. The molecule has 1 aromatic heterocycles. The van der Waals surface area contributed by atoms with E-state index in [1.807, 2.05) is 30.3 Å². The molecule has 3 heteroatoms. The summed E-state index contributed by atoms with van der Waals surface area (Å²) in [5, 5.41) is 9.90. The molecule has 1 heterocycles. The lowest BCUT2D eigenvalue weighted by Gasteiger charge is -2.36. The van der Waals surface area contributed by atoms with Crippen molar-refractivity contribution in [2.24, 2.45) is 0 Å². The topological polar surface area (TPSA) is 49.6 Å². The van der Waals surface area contributed by atoms with Gasteiger partial charge in [0.1, 0.15) is 0 Å². The van der Waals surface area contributed by atoms with Crippen LogP contribution in [0.1, 0.15) is 48.8 Å². The van der Waals surface area contributed by atoms with Crippen LogP contribution < -0.4 is 0 Å². The molecule has 0 N–H and O–H groups in total. The maximum Gasteiger partial charge on any atom is 0.160 e. The first kappa shape index (κ1) is 37.3. The van der Waals surface area contributed by atoms with E-state index in [2.05, 4.69) is 176 Å². The lowest BCUT2D eigenvalue weighted by Crippen LogP contribution is -2.28. The van der Waals surface area contributed by atoms with Crippen molar-refractivity contribution < 1.29 is 0 Å². The van der Waals surface area contributed by atoms with E-state index in [-0.39, 0.29) is 5.41 Å². The number of hydrogen-bond donors (Lipinski definition) is 0. The summed E-state index contributed by atoms with van der Waals surface area (Å²) in [6, 6.07) is 73.6. The Bertz CT molecular complexity index is 3140. The molecular weight excluding hydrogens is 751 g/mol. The Labute approximate surface area is 363 Å². The van der Waals surface area contributed by atoms with Gasteiger partial charge in [0.05, 0.1) is 23.0 Å². The second kappa shape index (κ2) is 15.7. The van der Waals surface area contributed by atoms with E-state index in [4.69, 9.17) is 9.97 Å². The Morgan fingerprint density at radius 3 is 1.55 bits per heavy atom. The van der Waals surface area contributed by atoms with Crippen molar-refractivity contribution in [3.05, 3.63) is 217 Å². The van der Waals surface area contributed by atoms with Gasteiger partial charge in [-0.05, 0) is 110 Å². The highest BCUT2D eigenvalue weighted by atomic mass is 14.9. The molecule has 1 fully saturated rings. The van der Waals surface area contributed by atoms with Crippen molar-refractivity contribution in [1.29, 1.82) is 5.26 Å². The normalized spacial score (nSPS) is 13.6. The molecule has 294 valence electrons. The second-order valence-electron chi connectivity index (χ2n) is 16.8. The second-order valence-corrected chi connectivity index (χ2v) is 16.8. The van der Waals surface area contributed by atoms with E-state index < -0.39 is 0 Å². The molecule has 0 radical (unpaired) electrons. The van der Waals surface area contributed by atoms with Crippen LogP contribution in [-0.4, -0.2) is 9.97 Å². The fourth-order valence-electron chi connectivity index (χ4n) is 10.1. The van der Waals surface area contributed by atoms with Gasteiger partial charge in [-0.15, -0.1) is 0 Å². The molecule has 0 atom stereocenters. The van der Waals surface area contributed by atoms with E-state index >= 15 is 0 Å². The lowest BCUT2D eigenvalue weighted by molar-refractivity contribution is 0.353. The first-order valence-electron chi connectivity index (χ1n) is 21.7. The summed E-state index contributed by atoms with van der Waals surface area (Å²) in [7, 11) is 0. The van der Waals surface area contributed by atoms with Gasteiger partial charge >= 0.3 is 0 Å². The predicted octanol–water partition coefficient (Wildman–Crippen LogP) is 15.2. The molecule has 2 aliphatic carbocycles. The van der Waals surface area contributed by atoms with Crippen LogP contribution in [-0.2, 0) is 5.41 Å². The van der Waals surface area contributed by atoms with Gasteiger partial charge in [-0.2, -0.15) is 5.26 Å². The Hall–Kier alpha value is -7.67. The van der Waals surface area contributed by atoms with Gasteiger partial charge < -0.3 is 0 Å². The zero-order chi connectivity index (χ0) is 41.5. The molecule has 9 aromatic rings. The molecule has 1 spiro atoms. The number of fused-ring (bicyclic) bond motifs is 5. The maximum absolute atomic E-state index is 9.90. The third-order valence-electron chi connectivity index (χ3n) is 13.2. The summed E-state index contributed by atoms with van der Waals surface area (Å²) >= 11 is 0. The minimum atomic E-state index is 0.0344. The van der Waals surface area contributed by atoms with E-state index in [1.54, 1.807) is 0 Å². The Balaban J connectivity index is 0.915. The van der Waals surface area contributed by atoms with Gasteiger partial charge in [0.25, 0.3) is 0 Å². The minimum Gasteiger partial charge on any atom is -0.228 e. The van der Waals surface area contributed by atoms with Crippen LogP contribution in [0.2, 0.25) is 0 Å². The monoisotopic (exact) mass is 793 g/mol. The number of nitriles is 1. The molecule has 1 saturated carbocycles. The number of aromatic nitrogens is 2. The van der Waals surface area contributed by atoms with E-state index in [0.29, 0.717) is 5.82 Å². The van der Waals surface area contributed by atoms with E-state index in [9.17, 15) is 5.26 Å². The summed E-state index contributed by atoms with van der Waals surface area (Å²) in [6.45, 7) is 0. The molecule has 2 aliphatic rings. The number of benzene rings is 8. The van der Waals surface area contributed by atoms with Crippen LogP contribution in [0.3, 0.4) is 0 Å². The van der Waals surface area contributed by atoms with E-state index in [1.165, 1.54) is 74.9 Å². The molecule has 11 rings (SSSR count). The fourth-order valence-corrected chi connectivity index (χ4v) is 10.1. The first-order valence-corrected chi connectivity index (χ1v) is 21.7. The average Bonchev–Trinajstić information content (AvgIpc) is 3.62. The van der Waals surface area contributed by atoms with Crippen molar-refractivity contribution in [3.8, 4) is 95.6 Å². The molecule has 0 bridgehead atoms. The van der Waals surface area contributed by atoms with Crippen molar-refractivity contribution in [1.82, 2.24) is 9.97 Å². The molecule has 8 aromatic carbocycles. The largest absolute Gasteiger partial charge is 0.228 e. The number of nitrogens with zero attached hydrogens (tertiary/aromatic N) is 3. The van der Waals surface area contributed by atoms with Crippen molar-refractivity contribution in [2.75, 3.05) is 0 Å². The van der Waals surface area contributed by atoms with Crippen LogP contribution in [0, 0.1) is 11.3 Å². The van der Waals surface area contributed by atoms with Crippen molar-refractivity contribution >= 4 is 0 Å². The first-order chi connectivity index (χ1) is 30.6. The smallest absolute Gasteiger partial charge is 0.160 e. The molecular formula is C59H43N3. The Morgan fingerprint density at radius 1 is 0.371 bits per heavy atom. The van der Waals surface area contributed by atoms with E-state index in [0.717, 1.165) is 57.6 Å². The van der Waals surface area contributed by atoms with Crippen LogP contribution >= 0.6 is 0 Å². The lowest BCUT2D eigenvalue weighted by atomic mass is 9.67. The van der Waals surface area contributed by atoms with Gasteiger partial charge in [0.2, 0.25) is 0 Å². The van der Waals surface area contributed by atoms with Gasteiger partial charge in [-0.3, -0.25) is 0 Å². The number of hydrogen-bond acceptors (Lipinski definition) is 3. The van der Waals surface area contributed by atoms with Crippen LogP contribution in [0.15, 0.2) is 200 Å². The Morgan fingerprint density at radius 2 is 0.887 bits per heavy atom. The van der Waals surface area contributed by atoms with Crippen LogP contribution in [0.25, 0.3) is 89.5 Å². The average molecular weight is 794 g/mol. The molecule has 0 saturated heterocycles. The van der Waals surface area contributed by atoms with Gasteiger partial charge in [0, 0.05) is 22.1 Å². The Kier molecular flexibility index (Phi) is 9.48. The fraction of sp³-hybridized carbons (Fsp3) is 0.102. The highest BCUT2D eigenvalue weighted by Crippen LogP contribution is 2.58. The van der Waals surface area contributed by atoms with Gasteiger partial charge in [-0.1, -0.05) is 189 Å². The minimum absolute atomic E-state index is 0.0344. The summed E-state index contributed by atoms with van der Waals surface area (Å²) in [6.07, 6.45) is 6.09. The third kappa shape index (κ3) is 6.71. The summed E-state index contributed by atoms with van der Waals surface area (Å²) < 4.78 is 0.